The van der Waals surface area contributed by atoms with Crippen molar-refractivity contribution in [2.45, 2.75) is 223 Å². The number of esters is 3. The van der Waals surface area contributed by atoms with Gasteiger partial charge in [0, 0.05) is 30.1 Å². The molecule has 25 nitrogen and oxygen atoms in total. The Labute approximate surface area is 652 Å². The fraction of sp³-hybridized carbons (Fsp3) is 0.586. The van der Waals surface area contributed by atoms with E-state index in [1.807, 2.05) is 12.2 Å². The topological polar surface area (TPSA) is 340 Å². The molecule has 0 heterocycles. The van der Waals surface area contributed by atoms with Crippen molar-refractivity contribution in [3.63, 3.8) is 0 Å². The number of ketones is 3. The summed E-state index contributed by atoms with van der Waals surface area (Å²) in [5.74, 6) is 5.80. The van der Waals surface area contributed by atoms with Crippen LogP contribution in [0.4, 0.5) is 0 Å². The maximum Gasteiger partial charge on any atom is 0.343 e. The van der Waals surface area contributed by atoms with E-state index in [0.29, 0.717) is 123 Å². The Kier molecular flexibility index (Phi) is 22.5. The molecule has 25 heteroatoms. The lowest BCUT2D eigenvalue weighted by Gasteiger charge is -2.58. The predicted molar refractivity (Wildman–Crippen MR) is 406 cm³/mol. The van der Waals surface area contributed by atoms with Crippen LogP contribution in [0.5, 0.6) is 0 Å². The summed E-state index contributed by atoms with van der Waals surface area (Å²) >= 11 is 0. The van der Waals surface area contributed by atoms with E-state index in [1.54, 1.807) is 74.5 Å². The van der Waals surface area contributed by atoms with Crippen LogP contribution in [0.2, 0.25) is 0 Å². The fourth-order valence-electron chi connectivity index (χ4n) is 24.5. The molecule has 12 aliphatic rings. The van der Waals surface area contributed by atoms with Crippen molar-refractivity contribution in [2.24, 2.45) is 97.6 Å². The van der Waals surface area contributed by atoms with Crippen molar-refractivity contribution in [2.75, 3.05) is 0 Å². The largest absolute Gasteiger partial charge is 0.447 e. The molecule has 0 N–H and O–H groups in total. The monoisotopic (exact) mass is 1540 g/mol. The third-order valence-corrected chi connectivity index (χ3v) is 30.4. The van der Waals surface area contributed by atoms with E-state index in [1.165, 1.54) is 36.6 Å². The van der Waals surface area contributed by atoms with E-state index in [4.69, 9.17) is 19.0 Å². The minimum atomic E-state index is -1.26. The summed E-state index contributed by atoms with van der Waals surface area (Å²) in [4.78, 5) is 137. The van der Waals surface area contributed by atoms with Crippen molar-refractivity contribution in [3.8, 4) is 0 Å². The Balaban J connectivity index is 0.000000155. The van der Waals surface area contributed by atoms with Gasteiger partial charge in [-0.2, -0.15) is 0 Å². The Bertz CT molecular complexity index is 4460. The molecule has 3 aromatic carbocycles. The molecule has 598 valence electrons. The number of Topliss-reactive ketones (excluding diaryl/α,β-unsaturated/α-hetero) is 3. The lowest BCUT2D eigenvalue weighted by molar-refractivity contribution is -0.763. The maximum atomic E-state index is 13.5. The lowest BCUT2D eigenvalue weighted by atomic mass is 9.47. The molecule has 15 rings (SSSR count). The maximum absolute atomic E-state index is 13.5. The number of benzene rings is 3. The number of hydrogen-bond acceptors (Lipinski definition) is 21. The normalized spacial score (nSPS) is 34.6. The molecule has 112 heavy (non-hydrogen) atoms. The number of nitrogens with zero attached hydrogens (tertiary/aromatic N) is 4. The fourth-order valence-corrected chi connectivity index (χ4v) is 24.5. The van der Waals surface area contributed by atoms with Crippen molar-refractivity contribution < 1.29 is 82.7 Å². The van der Waals surface area contributed by atoms with Gasteiger partial charge in [-0.25, -0.2) is 14.4 Å². The Morgan fingerprint density at radius 2 is 0.732 bits per heavy atom. The first kappa shape index (κ1) is 80.4. The highest BCUT2D eigenvalue weighted by atomic mass is 17.0. The number of fused-ring (bicyclic) bond motifs is 15. The van der Waals surface area contributed by atoms with Crippen LogP contribution in [0, 0.1) is 138 Å². The van der Waals surface area contributed by atoms with Gasteiger partial charge in [0.05, 0.1) is 16.7 Å². The molecule has 0 amide bonds. The zero-order chi connectivity index (χ0) is 80.2. The number of hydrogen-bond donors (Lipinski definition) is 0. The molecule has 17 unspecified atom stereocenters. The summed E-state index contributed by atoms with van der Waals surface area (Å²) in [6.45, 7) is 18.3. The lowest BCUT2D eigenvalue weighted by Crippen LogP contribution is -2.58. The van der Waals surface area contributed by atoms with Crippen molar-refractivity contribution in [3.05, 3.63) is 217 Å². The molecule has 3 aromatic rings. The average Bonchev–Trinajstić information content (AvgIpc) is 1.49. The van der Waals surface area contributed by atoms with E-state index < -0.39 is 49.3 Å². The van der Waals surface area contributed by atoms with Crippen LogP contribution in [-0.4, -0.2) is 61.2 Å². The smallest absolute Gasteiger partial charge is 0.343 e. The summed E-state index contributed by atoms with van der Waals surface area (Å²) < 4.78 is 17.8. The molecule has 6 fully saturated rings. The van der Waals surface area contributed by atoms with Gasteiger partial charge < -0.3 is 28.7 Å². The zero-order valence-corrected chi connectivity index (χ0v) is 65.6. The van der Waals surface area contributed by atoms with Gasteiger partial charge in [0.25, 0.3) is 20.3 Å². The Morgan fingerprint density at radius 3 is 1.09 bits per heavy atom. The highest BCUT2D eigenvalue weighted by Gasteiger charge is 2.68. The quantitative estimate of drug-likeness (QED) is 0.0439. The van der Waals surface area contributed by atoms with Crippen LogP contribution in [0.25, 0.3) is 0 Å². The molecule has 0 aromatic heterocycles. The molecule has 0 spiro atoms. The minimum absolute atomic E-state index is 0.0765. The van der Waals surface area contributed by atoms with Gasteiger partial charge in [0.2, 0.25) is 0 Å². The van der Waals surface area contributed by atoms with Gasteiger partial charge in [0.1, 0.15) is 48.7 Å². The number of ether oxygens (including phenoxy) is 3. The first-order valence-electron chi connectivity index (χ1n) is 40.0. The third-order valence-electron chi connectivity index (χ3n) is 30.4. The van der Waals surface area contributed by atoms with E-state index in [9.17, 15) is 69.2 Å². The second-order valence-corrected chi connectivity index (χ2v) is 35.4. The van der Waals surface area contributed by atoms with Crippen LogP contribution in [0.1, 0.15) is 245 Å². The zero-order valence-electron chi connectivity index (χ0n) is 65.6. The highest BCUT2D eigenvalue weighted by molar-refractivity contribution is 5.95. The van der Waals surface area contributed by atoms with Crippen molar-refractivity contribution >= 4 is 35.3 Å². The van der Waals surface area contributed by atoms with E-state index in [-0.39, 0.29) is 76.0 Å². The second kappa shape index (κ2) is 31.4. The van der Waals surface area contributed by atoms with E-state index in [0.717, 1.165) is 115 Å². The molecule has 18 atom stereocenters. The molecule has 0 bridgehead atoms. The summed E-state index contributed by atoms with van der Waals surface area (Å²) in [6.07, 6.45) is 32.2. The average molecular weight is 1540 g/mol. The van der Waals surface area contributed by atoms with Gasteiger partial charge in [0.15, 0.2) is 11.4 Å². The van der Waals surface area contributed by atoms with Crippen LogP contribution < -0.4 is 0 Å². The van der Waals surface area contributed by atoms with Gasteiger partial charge in [-0.05, 0) is 311 Å². The van der Waals surface area contributed by atoms with Crippen molar-refractivity contribution in [1.29, 1.82) is 0 Å². The van der Waals surface area contributed by atoms with Crippen LogP contribution in [0.3, 0.4) is 0 Å². The van der Waals surface area contributed by atoms with E-state index in [2.05, 4.69) is 80.4 Å². The van der Waals surface area contributed by atoms with Crippen LogP contribution >= 0.6 is 0 Å². The molecular weight excluding hydrogens is 1440 g/mol. The summed E-state index contributed by atoms with van der Waals surface area (Å²) in [6, 6.07) is 19.0. The van der Waals surface area contributed by atoms with Gasteiger partial charge in [-0.1, -0.05) is 96.2 Å². The number of carbonyl (C=O) groups excluding carboxylic acids is 6. The van der Waals surface area contributed by atoms with Gasteiger partial charge in [-0.15, -0.1) is 40.5 Å². The summed E-state index contributed by atoms with van der Waals surface area (Å²) in [7, 11) is 0. The third kappa shape index (κ3) is 15.1. The minimum Gasteiger partial charge on any atom is -0.447 e. The number of allylic oxidation sites excluding steroid dienone is 12. The van der Waals surface area contributed by atoms with Gasteiger partial charge in [-0.3, -0.25) is 19.2 Å². The highest BCUT2D eigenvalue weighted by Crippen LogP contribution is 2.71. The Morgan fingerprint density at radius 1 is 0.393 bits per heavy atom. The van der Waals surface area contributed by atoms with Crippen LogP contribution in [-0.2, 0) is 67.8 Å². The molecule has 0 aliphatic heterocycles. The van der Waals surface area contributed by atoms with E-state index >= 15 is 0 Å². The number of carbonyl (C=O) groups is 6. The first-order valence-corrected chi connectivity index (χ1v) is 40.0. The van der Waals surface area contributed by atoms with Gasteiger partial charge >= 0.3 is 17.9 Å². The molecule has 0 saturated heterocycles. The second-order valence-electron chi connectivity index (χ2n) is 35.4. The molecule has 6 saturated carbocycles. The predicted octanol–water partition coefficient (Wildman–Crippen LogP) is 18.0. The first-order chi connectivity index (χ1) is 53.1. The Hall–Kier alpha value is -9.68. The van der Waals surface area contributed by atoms with Crippen molar-refractivity contribution in [1.82, 2.24) is 0 Å². The molecule has 12 aliphatic carbocycles. The standard InChI is InChI=1S/C37H40N2O11.C29H35NO6.C21H29NO4/c1-23(40)37(50-34(42)27-10-6-25(7-11-27)22-48-39(45)46)19-16-32-30-13-12-28-20-29(14-17-35(28,2)31(30)15-18-36(32,37)3)49-33(41)26-8-4-24(5-9-26)21-47-38(43)44;1-18(31)24-10-11-25-23-9-8-21-16-22(12-14-28(21,2)26(23)13-15-29(24,25)3)36-27(32)20-6-4-19(5-7-20)17-35-30(33)34;1-13(23)17-6-7-18-16-5-4-14-12-15(26-22(24)25)8-10-20(14,2)19(16)9-11-21(17,18)3/h4-12,20,30-32H,13-19,21-22H2,1-3H3;4-8,16,23-26H,9-15,17H2,1-3H3;4,12,16-19H,5-11H2,1-3H3/t30?,31?,32?,35?,36?,37-;;/m0../s1. The molecule has 0 radical (unpaired) electrons. The summed E-state index contributed by atoms with van der Waals surface area (Å²) in [5.41, 5.74) is 4.89. The van der Waals surface area contributed by atoms with Crippen LogP contribution in [0.15, 0.2) is 143 Å². The molecular formula is C87H104N4O21. The summed E-state index contributed by atoms with van der Waals surface area (Å²) in [5, 5.41) is 38.7. The SMILES string of the molecule is CC(=O)C1CCC2C3CC=C4C=C(OC(=O)c5ccc(CO[N+](=O)[O-])cc5)CCC4(C)C3CCC12C.CC(=O)C1CCC2C3CC=C4C=C(O[N+](=O)[O-])CCC4(C)C3CCC12C.CC(=O)[C@@]1(OC(=O)c2ccc(CO[N+](=O)[O-])cc2)CCC2C3CC=C4C=C(OC(=O)c5ccc(CO[N+](=O)[O-])cc5)CCC4(C)C3CCC21C. The number of rotatable bonds is 20.